The van der Waals surface area contributed by atoms with Gasteiger partial charge in [-0.05, 0) is 31.5 Å². The third-order valence-corrected chi connectivity index (χ3v) is 3.43. The SMILES string of the molecule is C=N/C(C)=C(\SC)c1ccc(CNC=O)c(O)c1. The molecule has 0 saturated carbocycles. The highest BCUT2D eigenvalue weighted by molar-refractivity contribution is 8.07. The van der Waals surface area contributed by atoms with Gasteiger partial charge in [0, 0.05) is 17.0 Å². The van der Waals surface area contributed by atoms with Crippen LogP contribution in [0.25, 0.3) is 4.91 Å². The summed E-state index contributed by atoms with van der Waals surface area (Å²) in [5.74, 6) is 0.158. The summed E-state index contributed by atoms with van der Waals surface area (Å²) in [5, 5.41) is 12.4. The van der Waals surface area contributed by atoms with Gasteiger partial charge in [-0.25, -0.2) is 0 Å². The van der Waals surface area contributed by atoms with E-state index in [-0.39, 0.29) is 5.75 Å². The first kappa shape index (κ1) is 14.3. The zero-order chi connectivity index (χ0) is 13.5. The Bertz CT molecular complexity index is 484. The summed E-state index contributed by atoms with van der Waals surface area (Å²) < 4.78 is 0. The number of aliphatic imine (C=N–C) groups is 1. The fourth-order valence-corrected chi connectivity index (χ4v) is 2.28. The van der Waals surface area contributed by atoms with Crippen molar-refractivity contribution >= 4 is 29.8 Å². The molecule has 0 atom stereocenters. The molecule has 0 aliphatic rings. The summed E-state index contributed by atoms with van der Waals surface area (Å²) in [5.41, 5.74) is 2.39. The molecular formula is C13H16N2O2S. The lowest BCUT2D eigenvalue weighted by Gasteiger charge is -2.10. The molecule has 0 unspecified atom stereocenters. The molecule has 5 heteroatoms. The number of rotatable bonds is 6. The van der Waals surface area contributed by atoms with Gasteiger partial charge in [0.05, 0.1) is 5.70 Å². The number of carbonyl (C=O) groups is 1. The van der Waals surface area contributed by atoms with E-state index in [9.17, 15) is 9.90 Å². The molecule has 18 heavy (non-hydrogen) atoms. The predicted octanol–water partition coefficient (Wildman–Crippen LogP) is 2.39. The molecule has 1 rings (SSSR count). The van der Waals surface area contributed by atoms with E-state index >= 15 is 0 Å². The highest BCUT2D eigenvalue weighted by atomic mass is 32.2. The number of benzene rings is 1. The molecule has 0 saturated heterocycles. The standard InChI is InChI=1S/C13H16N2O2S/c1-9(14-2)13(18-3)10-4-5-11(7-15-8-16)12(17)6-10/h4-6,8,17H,2,7H2,1,3H3,(H,15,16)/b13-9-. The Morgan fingerprint density at radius 1 is 1.61 bits per heavy atom. The fourth-order valence-electron chi connectivity index (χ4n) is 1.55. The molecule has 96 valence electrons. The van der Waals surface area contributed by atoms with Crippen molar-refractivity contribution < 1.29 is 9.90 Å². The van der Waals surface area contributed by atoms with E-state index in [0.29, 0.717) is 18.5 Å². The highest BCUT2D eigenvalue weighted by Crippen LogP contribution is 2.32. The van der Waals surface area contributed by atoms with Crippen LogP contribution in [-0.2, 0) is 11.3 Å². The van der Waals surface area contributed by atoms with Crippen LogP contribution in [0.3, 0.4) is 0 Å². The number of aromatic hydroxyl groups is 1. The van der Waals surface area contributed by atoms with Gasteiger partial charge < -0.3 is 10.4 Å². The third kappa shape index (κ3) is 3.37. The topological polar surface area (TPSA) is 61.7 Å². The number of nitrogens with zero attached hydrogens (tertiary/aromatic N) is 1. The van der Waals surface area contributed by atoms with Gasteiger partial charge in [0.2, 0.25) is 6.41 Å². The van der Waals surface area contributed by atoms with Crippen LogP contribution in [0.2, 0.25) is 0 Å². The molecule has 1 aromatic rings. The number of phenols is 1. The minimum atomic E-state index is 0.158. The number of hydrogen-bond donors (Lipinski definition) is 2. The van der Waals surface area contributed by atoms with Crippen LogP contribution in [0.15, 0.2) is 28.9 Å². The maximum Gasteiger partial charge on any atom is 0.207 e. The number of phenolic OH excluding ortho intramolecular Hbond substituents is 1. The van der Waals surface area contributed by atoms with E-state index in [4.69, 9.17) is 0 Å². The molecule has 0 spiro atoms. The summed E-state index contributed by atoms with van der Waals surface area (Å²) in [6.45, 7) is 5.69. The second-order valence-electron chi connectivity index (χ2n) is 3.62. The number of nitrogens with one attached hydrogen (secondary N) is 1. The second-order valence-corrected chi connectivity index (χ2v) is 4.44. The van der Waals surface area contributed by atoms with E-state index in [1.54, 1.807) is 23.9 Å². The first-order chi connectivity index (χ1) is 8.63. The molecule has 0 fully saturated rings. The van der Waals surface area contributed by atoms with Crippen LogP contribution in [0.4, 0.5) is 0 Å². The van der Waals surface area contributed by atoms with Crippen LogP contribution in [0.1, 0.15) is 18.1 Å². The van der Waals surface area contributed by atoms with Gasteiger partial charge in [-0.15, -0.1) is 11.8 Å². The van der Waals surface area contributed by atoms with E-state index < -0.39 is 0 Å². The molecule has 2 N–H and O–H groups in total. The van der Waals surface area contributed by atoms with Gasteiger partial charge in [0.15, 0.2) is 0 Å². The van der Waals surface area contributed by atoms with E-state index in [0.717, 1.165) is 16.2 Å². The molecule has 0 heterocycles. The van der Waals surface area contributed by atoms with Crippen molar-refractivity contribution in [3.63, 3.8) is 0 Å². The lowest BCUT2D eigenvalue weighted by molar-refractivity contribution is -0.109. The molecule has 0 aromatic heterocycles. The second kappa shape index (κ2) is 6.86. The molecule has 1 aromatic carbocycles. The molecule has 0 radical (unpaired) electrons. The fraction of sp³-hybridized carbons (Fsp3) is 0.231. The number of hydrogen-bond acceptors (Lipinski definition) is 4. The molecule has 0 aliphatic heterocycles. The first-order valence-corrected chi connectivity index (χ1v) is 6.57. The van der Waals surface area contributed by atoms with Crippen molar-refractivity contribution in [2.24, 2.45) is 4.99 Å². The number of thioether (sulfide) groups is 1. The monoisotopic (exact) mass is 264 g/mol. The Kier molecular flexibility index (Phi) is 5.45. The Hall–Kier alpha value is -1.75. The van der Waals surface area contributed by atoms with Crippen molar-refractivity contribution in [1.82, 2.24) is 5.32 Å². The van der Waals surface area contributed by atoms with Crippen molar-refractivity contribution in [2.45, 2.75) is 13.5 Å². The number of allylic oxidation sites excluding steroid dienone is 1. The van der Waals surface area contributed by atoms with Gasteiger partial charge in [0.25, 0.3) is 0 Å². The average Bonchev–Trinajstić information content (AvgIpc) is 2.38. The van der Waals surface area contributed by atoms with Crippen LogP contribution in [0.5, 0.6) is 5.75 Å². The summed E-state index contributed by atoms with van der Waals surface area (Å²) >= 11 is 1.55. The molecule has 1 amide bonds. The lowest BCUT2D eigenvalue weighted by atomic mass is 10.1. The van der Waals surface area contributed by atoms with Gasteiger partial charge in [0.1, 0.15) is 5.75 Å². The van der Waals surface area contributed by atoms with Crippen molar-refractivity contribution in [3.8, 4) is 5.75 Å². The third-order valence-electron chi connectivity index (χ3n) is 2.49. The maximum absolute atomic E-state index is 10.2. The minimum absolute atomic E-state index is 0.158. The van der Waals surface area contributed by atoms with Crippen LogP contribution in [0, 0.1) is 0 Å². The van der Waals surface area contributed by atoms with E-state index in [1.165, 1.54) is 0 Å². The maximum atomic E-state index is 10.2. The quantitative estimate of drug-likeness (QED) is 0.612. The van der Waals surface area contributed by atoms with Gasteiger partial charge in [-0.2, -0.15) is 0 Å². The normalized spacial score (nSPS) is 11.7. The smallest absolute Gasteiger partial charge is 0.207 e. The van der Waals surface area contributed by atoms with Crippen molar-refractivity contribution in [2.75, 3.05) is 6.26 Å². The Morgan fingerprint density at radius 2 is 2.33 bits per heavy atom. The van der Waals surface area contributed by atoms with Gasteiger partial charge >= 0.3 is 0 Å². The van der Waals surface area contributed by atoms with Crippen molar-refractivity contribution in [3.05, 3.63) is 35.0 Å². The lowest BCUT2D eigenvalue weighted by Crippen LogP contribution is -2.09. The largest absolute Gasteiger partial charge is 0.508 e. The zero-order valence-corrected chi connectivity index (χ0v) is 11.3. The Balaban J connectivity index is 3.10. The van der Waals surface area contributed by atoms with Crippen LogP contribution < -0.4 is 5.32 Å². The Morgan fingerprint density at radius 3 is 2.83 bits per heavy atom. The molecule has 4 nitrogen and oxygen atoms in total. The van der Waals surface area contributed by atoms with E-state index in [2.05, 4.69) is 17.0 Å². The minimum Gasteiger partial charge on any atom is -0.508 e. The summed E-state index contributed by atoms with van der Waals surface area (Å²) in [6, 6.07) is 5.35. The number of amides is 1. The number of carbonyl (C=O) groups excluding carboxylic acids is 1. The summed E-state index contributed by atoms with van der Waals surface area (Å²) in [6.07, 6.45) is 2.55. The Labute approximate surface area is 111 Å². The van der Waals surface area contributed by atoms with E-state index in [1.807, 2.05) is 19.2 Å². The van der Waals surface area contributed by atoms with Gasteiger partial charge in [-0.1, -0.05) is 12.1 Å². The average molecular weight is 264 g/mol. The zero-order valence-electron chi connectivity index (χ0n) is 10.4. The van der Waals surface area contributed by atoms with Crippen molar-refractivity contribution in [1.29, 1.82) is 0 Å². The van der Waals surface area contributed by atoms with Crippen LogP contribution >= 0.6 is 11.8 Å². The first-order valence-electron chi connectivity index (χ1n) is 5.35. The highest BCUT2D eigenvalue weighted by Gasteiger charge is 2.08. The molecular weight excluding hydrogens is 248 g/mol. The predicted molar refractivity (Wildman–Crippen MR) is 76.7 cm³/mol. The summed E-state index contributed by atoms with van der Waals surface area (Å²) in [4.78, 5) is 15.1. The molecule has 0 aliphatic carbocycles. The summed E-state index contributed by atoms with van der Waals surface area (Å²) in [7, 11) is 0. The van der Waals surface area contributed by atoms with Gasteiger partial charge in [-0.3, -0.25) is 9.79 Å². The molecule has 0 bridgehead atoms. The van der Waals surface area contributed by atoms with Crippen LogP contribution in [-0.4, -0.2) is 24.5 Å².